The van der Waals surface area contributed by atoms with E-state index in [1.807, 2.05) is 30.3 Å². The molecule has 0 spiro atoms. The van der Waals surface area contributed by atoms with Gasteiger partial charge >= 0.3 is 0 Å². The summed E-state index contributed by atoms with van der Waals surface area (Å²) >= 11 is 0. The van der Waals surface area contributed by atoms with Crippen molar-refractivity contribution in [2.24, 2.45) is 0 Å². The fraction of sp³-hybridized carbons (Fsp3) is 0.143. The van der Waals surface area contributed by atoms with E-state index in [0.29, 0.717) is 5.56 Å². The highest BCUT2D eigenvalue weighted by Crippen LogP contribution is 2.10. The van der Waals surface area contributed by atoms with Gasteiger partial charge in [0, 0.05) is 18.9 Å². The highest BCUT2D eigenvalue weighted by molar-refractivity contribution is 5.93. The minimum Gasteiger partial charge on any atom is -0.387 e. The van der Waals surface area contributed by atoms with E-state index in [-0.39, 0.29) is 12.5 Å². The van der Waals surface area contributed by atoms with E-state index in [1.54, 1.807) is 18.3 Å². The second-order valence-corrected chi connectivity index (χ2v) is 3.88. The van der Waals surface area contributed by atoms with Crippen LogP contribution in [0.2, 0.25) is 0 Å². The summed E-state index contributed by atoms with van der Waals surface area (Å²) in [6, 6.07) is 12.6. The first-order valence-corrected chi connectivity index (χ1v) is 5.68. The molecule has 2 rings (SSSR count). The molecular formula is C14H14N2O2. The maximum Gasteiger partial charge on any atom is 0.252 e. The predicted molar refractivity (Wildman–Crippen MR) is 68.0 cm³/mol. The zero-order valence-corrected chi connectivity index (χ0v) is 9.78. The molecule has 0 bridgehead atoms. The zero-order chi connectivity index (χ0) is 12.8. The number of nitrogens with zero attached hydrogens (tertiary/aromatic N) is 1. The predicted octanol–water partition coefficient (Wildman–Crippen LogP) is 1.55. The molecule has 1 atom stereocenters. The topological polar surface area (TPSA) is 62.2 Å². The zero-order valence-electron chi connectivity index (χ0n) is 9.78. The maximum atomic E-state index is 11.7. The van der Waals surface area contributed by atoms with Crippen molar-refractivity contribution in [3.05, 3.63) is 66.0 Å². The molecule has 1 aromatic carbocycles. The largest absolute Gasteiger partial charge is 0.387 e. The van der Waals surface area contributed by atoms with Gasteiger partial charge in [-0.2, -0.15) is 0 Å². The summed E-state index contributed by atoms with van der Waals surface area (Å²) in [5.41, 5.74) is 1.27. The van der Waals surface area contributed by atoms with Crippen molar-refractivity contribution in [1.29, 1.82) is 0 Å². The third-order valence-corrected chi connectivity index (χ3v) is 2.56. The molecule has 4 heteroatoms. The molecule has 0 aliphatic carbocycles. The Labute approximate surface area is 105 Å². The lowest BCUT2D eigenvalue weighted by molar-refractivity contribution is 0.0916. The molecule has 4 nitrogen and oxygen atoms in total. The van der Waals surface area contributed by atoms with Gasteiger partial charge in [-0.05, 0) is 17.7 Å². The van der Waals surface area contributed by atoms with Gasteiger partial charge in [0.1, 0.15) is 0 Å². The molecule has 0 radical (unpaired) electrons. The van der Waals surface area contributed by atoms with Crippen molar-refractivity contribution in [3.63, 3.8) is 0 Å². The molecule has 1 unspecified atom stereocenters. The lowest BCUT2D eigenvalue weighted by Crippen LogP contribution is -2.28. The number of nitrogens with one attached hydrogen (secondary N) is 1. The smallest absolute Gasteiger partial charge is 0.252 e. The number of aliphatic hydroxyl groups is 1. The second-order valence-electron chi connectivity index (χ2n) is 3.88. The van der Waals surface area contributed by atoms with Gasteiger partial charge in [-0.1, -0.05) is 30.3 Å². The van der Waals surface area contributed by atoms with E-state index in [2.05, 4.69) is 10.3 Å². The first kappa shape index (κ1) is 12.3. The summed E-state index contributed by atoms with van der Waals surface area (Å²) in [4.78, 5) is 15.6. The summed E-state index contributed by atoms with van der Waals surface area (Å²) in [5, 5.41) is 12.6. The van der Waals surface area contributed by atoms with E-state index >= 15 is 0 Å². The quantitative estimate of drug-likeness (QED) is 0.855. The Morgan fingerprint density at radius 2 is 2.00 bits per heavy atom. The van der Waals surface area contributed by atoms with Gasteiger partial charge in [-0.25, -0.2) is 0 Å². The average Bonchev–Trinajstić information content (AvgIpc) is 2.46. The van der Waals surface area contributed by atoms with Crippen LogP contribution in [0.15, 0.2) is 54.9 Å². The molecule has 92 valence electrons. The number of aromatic nitrogens is 1. The third kappa shape index (κ3) is 3.15. The first-order valence-electron chi connectivity index (χ1n) is 5.68. The third-order valence-electron chi connectivity index (χ3n) is 2.56. The molecular weight excluding hydrogens is 228 g/mol. The number of aliphatic hydroxyl groups excluding tert-OH is 1. The number of benzene rings is 1. The molecule has 2 aromatic rings. The van der Waals surface area contributed by atoms with Crippen LogP contribution in [0.4, 0.5) is 0 Å². The second kappa shape index (κ2) is 5.93. The van der Waals surface area contributed by atoms with Gasteiger partial charge in [0.05, 0.1) is 11.7 Å². The summed E-state index contributed by atoms with van der Waals surface area (Å²) in [7, 11) is 0. The van der Waals surface area contributed by atoms with Crippen molar-refractivity contribution in [1.82, 2.24) is 10.3 Å². The van der Waals surface area contributed by atoms with Gasteiger partial charge in [0.15, 0.2) is 0 Å². The van der Waals surface area contributed by atoms with Crippen molar-refractivity contribution in [2.75, 3.05) is 6.54 Å². The fourth-order valence-corrected chi connectivity index (χ4v) is 1.58. The number of rotatable bonds is 4. The van der Waals surface area contributed by atoms with Crippen LogP contribution in [0.3, 0.4) is 0 Å². The lowest BCUT2D eigenvalue weighted by atomic mass is 10.1. The highest BCUT2D eigenvalue weighted by atomic mass is 16.3. The molecule has 0 aliphatic heterocycles. The van der Waals surface area contributed by atoms with E-state index in [1.165, 1.54) is 6.20 Å². The Bertz CT molecular complexity index is 500. The summed E-state index contributed by atoms with van der Waals surface area (Å²) in [6.45, 7) is 0.178. The molecule has 18 heavy (non-hydrogen) atoms. The Kier molecular flexibility index (Phi) is 4.04. The van der Waals surface area contributed by atoms with Crippen LogP contribution in [-0.2, 0) is 0 Å². The highest BCUT2D eigenvalue weighted by Gasteiger charge is 2.10. The van der Waals surface area contributed by atoms with Crippen molar-refractivity contribution in [2.45, 2.75) is 6.10 Å². The average molecular weight is 242 g/mol. The van der Waals surface area contributed by atoms with Crippen LogP contribution in [0, 0.1) is 0 Å². The van der Waals surface area contributed by atoms with Gasteiger partial charge in [-0.15, -0.1) is 0 Å². The van der Waals surface area contributed by atoms with Crippen LogP contribution in [0.25, 0.3) is 0 Å². The molecule has 1 amide bonds. The summed E-state index contributed by atoms with van der Waals surface area (Å²) < 4.78 is 0. The van der Waals surface area contributed by atoms with Crippen LogP contribution < -0.4 is 5.32 Å². The van der Waals surface area contributed by atoms with Crippen LogP contribution in [0.5, 0.6) is 0 Å². The molecule has 2 N–H and O–H groups in total. The van der Waals surface area contributed by atoms with Crippen LogP contribution in [0.1, 0.15) is 22.0 Å². The minimum atomic E-state index is -0.702. The number of pyridine rings is 1. The minimum absolute atomic E-state index is 0.178. The lowest BCUT2D eigenvalue weighted by Gasteiger charge is -2.11. The molecule has 1 aromatic heterocycles. The van der Waals surface area contributed by atoms with E-state index in [4.69, 9.17) is 0 Å². The fourth-order valence-electron chi connectivity index (χ4n) is 1.58. The molecule has 0 saturated carbocycles. The Hall–Kier alpha value is -2.20. The van der Waals surface area contributed by atoms with Gasteiger partial charge in [0.25, 0.3) is 5.91 Å². The summed E-state index contributed by atoms with van der Waals surface area (Å²) in [6.07, 6.45) is 2.40. The van der Waals surface area contributed by atoms with Crippen molar-refractivity contribution < 1.29 is 9.90 Å². The van der Waals surface area contributed by atoms with Crippen LogP contribution in [-0.4, -0.2) is 22.5 Å². The molecule has 0 saturated heterocycles. The Morgan fingerprint density at radius 1 is 1.22 bits per heavy atom. The van der Waals surface area contributed by atoms with Crippen LogP contribution >= 0.6 is 0 Å². The van der Waals surface area contributed by atoms with Gasteiger partial charge in [-0.3, -0.25) is 9.78 Å². The monoisotopic (exact) mass is 242 g/mol. The molecule has 0 aliphatic rings. The number of amides is 1. The standard InChI is InChI=1S/C14H14N2O2/c17-13(11-5-2-1-3-6-11)10-16-14(18)12-7-4-8-15-9-12/h1-9,13,17H,10H2,(H,16,18). The van der Waals surface area contributed by atoms with Gasteiger partial charge in [0.2, 0.25) is 0 Å². The first-order chi connectivity index (χ1) is 8.77. The SMILES string of the molecule is O=C(NCC(O)c1ccccc1)c1cccnc1. The molecule has 1 heterocycles. The Balaban J connectivity index is 1.91. The molecule has 0 fully saturated rings. The maximum absolute atomic E-state index is 11.7. The van der Waals surface area contributed by atoms with Crippen molar-refractivity contribution in [3.8, 4) is 0 Å². The number of hydrogen-bond donors (Lipinski definition) is 2. The van der Waals surface area contributed by atoms with Gasteiger partial charge < -0.3 is 10.4 Å². The van der Waals surface area contributed by atoms with E-state index < -0.39 is 6.10 Å². The number of carbonyl (C=O) groups excluding carboxylic acids is 1. The van der Waals surface area contributed by atoms with E-state index in [9.17, 15) is 9.90 Å². The number of carbonyl (C=O) groups is 1. The summed E-state index contributed by atoms with van der Waals surface area (Å²) in [5.74, 6) is -0.238. The number of hydrogen-bond acceptors (Lipinski definition) is 3. The van der Waals surface area contributed by atoms with Crippen molar-refractivity contribution >= 4 is 5.91 Å². The van der Waals surface area contributed by atoms with E-state index in [0.717, 1.165) is 5.56 Å². The normalized spacial score (nSPS) is 11.8. The Morgan fingerprint density at radius 3 is 2.67 bits per heavy atom.